The summed E-state index contributed by atoms with van der Waals surface area (Å²) in [6.45, 7) is 4.86. The second-order valence-corrected chi connectivity index (χ2v) is 7.41. The molecule has 0 bridgehead atoms. The number of hydrogen-bond donors (Lipinski definition) is 2. The highest BCUT2D eigenvalue weighted by Crippen LogP contribution is 2.19. The van der Waals surface area contributed by atoms with Crippen LogP contribution in [0.2, 0.25) is 0 Å². The van der Waals surface area contributed by atoms with E-state index in [1.54, 1.807) is 30.3 Å². The summed E-state index contributed by atoms with van der Waals surface area (Å²) in [5.74, 6) is 0.394. The summed E-state index contributed by atoms with van der Waals surface area (Å²) in [4.78, 5) is 24.7. The molecule has 2 amide bonds. The van der Waals surface area contributed by atoms with Crippen molar-refractivity contribution in [2.24, 2.45) is 5.92 Å². The van der Waals surface area contributed by atoms with Gasteiger partial charge in [0.05, 0.1) is 6.61 Å². The van der Waals surface area contributed by atoms with Crippen LogP contribution in [0.25, 0.3) is 11.1 Å². The van der Waals surface area contributed by atoms with Crippen LogP contribution in [0.5, 0.6) is 5.75 Å². The lowest BCUT2D eigenvalue weighted by Gasteiger charge is -2.11. The van der Waals surface area contributed by atoms with Crippen LogP contribution < -0.4 is 15.6 Å². The molecule has 0 aliphatic heterocycles. The monoisotopic (exact) mass is 402 g/mol. The maximum Gasteiger partial charge on any atom is 0.269 e. The highest BCUT2D eigenvalue weighted by molar-refractivity contribution is 5.99. The smallest absolute Gasteiger partial charge is 0.269 e. The summed E-state index contributed by atoms with van der Waals surface area (Å²) in [7, 11) is 0. The van der Waals surface area contributed by atoms with Gasteiger partial charge < -0.3 is 4.74 Å². The number of amides is 2. The summed E-state index contributed by atoms with van der Waals surface area (Å²) in [5.41, 5.74) is 7.87. The zero-order valence-electron chi connectivity index (χ0n) is 17.2. The van der Waals surface area contributed by atoms with Gasteiger partial charge >= 0.3 is 0 Å². The molecule has 154 valence electrons. The standard InChI is InChI=1S/C25H26N2O3/c1-18(2)15-16-30-23-10-6-9-22(17-23)25(29)27-26-24(28)21-13-11-20(12-14-21)19-7-4-3-5-8-19/h3-14,17-18H,15-16H2,1-2H3,(H,26,28)(H,27,29). The zero-order valence-corrected chi connectivity index (χ0v) is 17.2. The fourth-order valence-electron chi connectivity index (χ4n) is 2.84. The molecule has 0 unspecified atom stereocenters. The molecule has 0 spiro atoms. The van der Waals surface area contributed by atoms with Crippen molar-refractivity contribution in [3.63, 3.8) is 0 Å². The van der Waals surface area contributed by atoms with Gasteiger partial charge in [0.25, 0.3) is 11.8 Å². The lowest BCUT2D eigenvalue weighted by atomic mass is 10.0. The predicted molar refractivity (Wildman–Crippen MR) is 118 cm³/mol. The Hall–Kier alpha value is -3.60. The maximum atomic E-state index is 12.4. The van der Waals surface area contributed by atoms with Gasteiger partial charge in [0.2, 0.25) is 0 Å². The highest BCUT2D eigenvalue weighted by Gasteiger charge is 2.10. The van der Waals surface area contributed by atoms with Crippen LogP contribution in [0.1, 0.15) is 41.0 Å². The first-order valence-corrected chi connectivity index (χ1v) is 10.0. The van der Waals surface area contributed by atoms with Crippen molar-refractivity contribution in [3.8, 4) is 16.9 Å². The third-order valence-electron chi connectivity index (χ3n) is 4.60. The van der Waals surface area contributed by atoms with Gasteiger partial charge in [-0.2, -0.15) is 0 Å². The van der Waals surface area contributed by atoms with Gasteiger partial charge in [-0.15, -0.1) is 0 Å². The molecular weight excluding hydrogens is 376 g/mol. The molecular formula is C25H26N2O3. The largest absolute Gasteiger partial charge is 0.494 e. The van der Waals surface area contributed by atoms with E-state index in [-0.39, 0.29) is 5.91 Å². The molecule has 0 saturated heterocycles. The Morgan fingerprint density at radius 2 is 1.40 bits per heavy atom. The van der Waals surface area contributed by atoms with Gasteiger partial charge in [-0.3, -0.25) is 20.4 Å². The molecule has 5 heteroatoms. The molecule has 0 aromatic heterocycles. The van der Waals surface area contributed by atoms with Crippen LogP contribution >= 0.6 is 0 Å². The molecule has 3 aromatic carbocycles. The van der Waals surface area contributed by atoms with E-state index in [0.29, 0.717) is 29.4 Å². The average molecular weight is 402 g/mol. The van der Waals surface area contributed by atoms with Crippen molar-refractivity contribution in [2.45, 2.75) is 20.3 Å². The molecule has 0 atom stereocenters. The summed E-state index contributed by atoms with van der Waals surface area (Å²) in [6.07, 6.45) is 0.940. The molecule has 0 fully saturated rings. The Morgan fingerprint density at radius 1 is 0.767 bits per heavy atom. The van der Waals surface area contributed by atoms with Crippen LogP contribution in [0.15, 0.2) is 78.9 Å². The Labute approximate surface area is 177 Å². The van der Waals surface area contributed by atoms with Crippen molar-refractivity contribution in [3.05, 3.63) is 90.0 Å². The van der Waals surface area contributed by atoms with Crippen molar-refractivity contribution < 1.29 is 14.3 Å². The Morgan fingerprint density at radius 3 is 2.07 bits per heavy atom. The second kappa shape index (κ2) is 10.3. The lowest BCUT2D eigenvalue weighted by molar-refractivity contribution is 0.0846. The Bertz CT molecular complexity index is 983. The number of nitrogens with one attached hydrogen (secondary N) is 2. The molecule has 3 rings (SSSR count). The number of hydrogen-bond acceptors (Lipinski definition) is 3. The molecule has 0 heterocycles. The molecule has 0 aliphatic rings. The molecule has 3 aromatic rings. The van der Waals surface area contributed by atoms with E-state index in [0.717, 1.165) is 17.5 Å². The van der Waals surface area contributed by atoms with Crippen LogP contribution in [-0.2, 0) is 0 Å². The van der Waals surface area contributed by atoms with Gasteiger partial charge in [0.1, 0.15) is 5.75 Å². The van der Waals surface area contributed by atoms with Crippen molar-refractivity contribution in [1.82, 2.24) is 10.9 Å². The average Bonchev–Trinajstić information content (AvgIpc) is 2.78. The molecule has 5 nitrogen and oxygen atoms in total. The second-order valence-electron chi connectivity index (χ2n) is 7.41. The van der Waals surface area contributed by atoms with Crippen molar-refractivity contribution >= 4 is 11.8 Å². The van der Waals surface area contributed by atoms with Crippen molar-refractivity contribution in [1.29, 1.82) is 0 Å². The van der Waals surface area contributed by atoms with Gasteiger partial charge in [-0.1, -0.05) is 62.4 Å². The van der Waals surface area contributed by atoms with Crippen LogP contribution in [-0.4, -0.2) is 18.4 Å². The topological polar surface area (TPSA) is 67.4 Å². The predicted octanol–water partition coefficient (Wildman–Crippen LogP) is 4.85. The first-order valence-electron chi connectivity index (χ1n) is 10.0. The Kier molecular flexibility index (Phi) is 7.22. The quantitative estimate of drug-likeness (QED) is 0.555. The first kappa shape index (κ1) is 21.1. The zero-order chi connectivity index (χ0) is 21.3. The maximum absolute atomic E-state index is 12.4. The number of benzene rings is 3. The minimum Gasteiger partial charge on any atom is -0.494 e. The van der Waals surface area contributed by atoms with E-state index < -0.39 is 5.91 Å². The van der Waals surface area contributed by atoms with Gasteiger partial charge in [0.15, 0.2) is 0 Å². The minimum atomic E-state index is -0.404. The third-order valence-corrected chi connectivity index (χ3v) is 4.60. The number of ether oxygens (including phenoxy) is 1. The van der Waals surface area contributed by atoms with E-state index in [1.165, 1.54) is 0 Å². The number of rotatable bonds is 7. The molecule has 0 saturated carbocycles. The first-order chi connectivity index (χ1) is 14.5. The van der Waals surface area contributed by atoms with E-state index in [9.17, 15) is 9.59 Å². The van der Waals surface area contributed by atoms with Gasteiger partial charge in [0, 0.05) is 11.1 Å². The SMILES string of the molecule is CC(C)CCOc1cccc(C(=O)NNC(=O)c2ccc(-c3ccccc3)cc2)c1. The fourth-order valence-corrected chi connectivity index (χ4v) is 2.84. The summed E-state index contributed by atoms with van der Waals surface area (Å²) in [5, 5.41) is 0. The lowest BCUT2D eigenvalue weighted by Crippen LogP contribution is -2.41. The number of hydrazine groups is 1. The van der Waals surface area contributed by atoms with E-state index in [1.807, 2.05) is 48.5 Å². The van der Waals surface area contributed by atoms with Gasteiger partial charge in [-0.25, -0.2) is 0 Å². The van der Waals surface area contributed by atoms with Crippen molar-refractivity contribution in [2.75, 3.05) is 6.61 Å². The number of carbonyl (C=O) groups is 2. The molecule has 2 N–H and O–H groups in total. The summed E-state index contributed by atoms with van der Waals surface area (Å²) >= 11 is 0. The summed E-state index contributed by atoms with van der Waals surface area (Å²) in [6, 6.07) is 24.0. The van der Waals surface area contributed by atoms with Gasteiger partial charge in [-0.05, 0) is 53.8 Å². The molecule has 0 aliphatic carbocycles. The normalized spacial score (nSPS) is 10.5. The third kappa shape index (κ3) is 5.95. The van der Waals surface area contributed by atoms with E-state index in [4.69, 9.17) is 4.74 Å². The van der Waals surface area contributed by atoms with Crippen LogP contribution in [0, 0.1) is 5.92 Å². The minimum absolute atomic E-state index is 0.382. The van der Waals surface area contributed by atoms with Crippen LogP contribution in [0.3, 0.4) is 0 Å². The highest BCUT2D eigenvalue weighted by atomic mass is 16.5. The van der Waals surface area contributed by atoms with Crippen LogP contribution in [0.4, 0.5) is 0 Å². The van der Waals surface area contributed by atoms with E-state index in [2.05, 4.69) is 24.7 Å². The molecule has 0 radical (unpaired) electrons. The van der Waals surface area contributed by atoms with E-state index >= 15 is 0 Å². The molecule has 30 heavy (non-hydrogen) atoms. The summed E-state index contributed by atoms with van der Waals surface area (Å²) < 4.78 is 5.68. The number of carbonyl (C=O) groups excluding carboxylic acids is 2. The fraction of sp³-hybridized carbons (Fsp3) is 0.200. The Balaban J connectivity index is 1.55.